The maximum absolute atomic E-state index is 11.3. The predicted molar refractivity (Wildman–Crippen MR) is 71.5 cm³/mol. The van der Waals surface area contributed by atoms with Crippen LogP contribution >= 0.6 is 0 Å². The maximum atomic E-state index is 11.3. The van der Waals surface area contributed by atoms with Crippen molar-refractivity contribution in [2.45, 2.75) is 13.3 Å². The van der Waals surface area contributed by atoms with Crippen LogP contribution in [0, 0.1) is 0 Å². The summed E-state index contributed by atoms with van der Waals surface area (Å²) >= 11 is 0. The zero-order valence-electron chi connectivity index (χ0n) is 11.3. The number of hydrogen-bond donors (Lipinski definition) is 1. The maximum Gasteiger partial charge on any atom is 0.330 e. The number of benzene rings is 1. The van der Waals surface area contributed by atoms with Crippen LogP contribution < -0.4 is 9.47 Å². The van der Waals surface area contributed by atoms with Gasteiger partial charge in [-0.1, -0.05) is 6.92 Å². The zero-order valence-corrected chi connectivity index (χ0v) is 11.3. The van der Waals surface area contributed by atoms with E-state index < -0.39 is 5.97 Å². The molecule has 0 aliphatic heterocycles. The van der Waals surface area contributed by atoms with Crippen molar-refractivity contribution in [3.8, 4) is 17.2 Å². The van der Waals surface area contributed by atoms with Gasteiger partial charge in [-0.15, -0.1) is 0 Å². The monoisotopic (exact) mass is 266 g/mol. The molecular weight excluding hydrogens is 248 g/mol. The van der Waals surface area contributed by atoms with Gasteiger partial charge in [0.2, 0.25) is 5.75 Å². The number of ether oxygens (including phenoxy) is 3. The highest BCUT2D eigenvalue weighted by Crippen LogP contribution is 2.37. The standard InChI is InChI=1S/C14H18O5/c1-4-7-19-13(15)6-5-10-8-11(17-2)14(16)12(9-10)18-3/h5-6,8-9,16H,4,7H2,1-3H3. The molecule has 0 bridgehead atoms. The van der Waals surface area contributed by atoms with E-state index in [-0.39, 0.29) is 17.2 Å². The number of phenolic OH excluding ortho intramolecular Hbond substituents is 1. The van der Waals surface area contributed by atoms with Gasteiger partial charge in [-0.2, -0.15) is 0 Å². The third-order valence-electron chi connectivity index (χ3n) is 2.36. The van der Waals surface area contributed by atoms with Crippen molar-refractivity contribution in [1.29, 1.82) is 0 Å². The van der Waals surface area contributed by atoms with E-state index in [2.05, 4.69) is 0 Å². The minimum atomic E-state index is -0.409. The highest BCUT2D eigenvalue weighted by molar-refractivity contribution is 5.87. The second-order valence-corrected chi connectivity index (χ2v) is 3.77. The average Bonchev–Trinajstić information content (AvgIpc) is 2.43. The first-order valence-electron chi connectivity index (χ1n) is 5.92. The molecule has 0 radical (unpaired) electrons. The van der Waals surface area contributed by atoms with Crippen LogP contribution in [0.2, 0.25) is 0 Å². The summed E-state index contributed by atoms with van der Waals surface area (Å²) in [5.41, 5.74) is 0.667. The van der Waals surface area contributed by atoms with E-state index in [9.17, 15) is 9.90 Å². The van der Waals surface area contributed by atoms with Gasteiger partial charge in [0.1, 0.15) is 0 Å². The molecule has 5 nitrogen and oxygen atoms in total. The first kappa shape index (κ1) is 14.9. The summed E-state index contributed by atoms with van der Waals surface area (Å²) in [6.07, 6.45) is 3.67. The Morgan fingerprint density at radius 2 is 1.84 bits per heavy atom. The smallest absolute Gasteiger partial charge is 0.330 e. The van der Waals surface area contributed by atoms with Crippen molar-refractivity contribution in [3.05, 3.63) is 23.8 Å². The highest BCUT2D eigenvalue weighted by atomic mass is 16.5. The Morgan fingerprint density at radius 1 is 1.26 bits per heavy atom. The van der Waals surface area contributed by atoms with E-state index in [4.69, 9.17) is 14.2 Å². The van der Waals surface area contributed by atoms with Crippen LogP contribution in [0.5, 0.6) is 17.2 Å². The average molecular weight is 266 g/mol. The van der Waals surface area contributed by atoms with Crippen LogP contribution in [0.25, 0.3) is 6.08 Å². The zero-order chi connectivity index (χ0) is 14.3. The fraction of sp³-hybridized carbons (Fsp3) is 0.357. The number of phenols is 1. The van der Waals surface area contributed by atoms with Crippen molar-refractivity contribution in [2.24, 2.45) is 0 Å². The summed E-state index contributed by atoms with van der Waals surface area (Å²) in [6, 6.07) is 3.20. The number of carbonyl (C=O) groups is 1. The van der Waals surface area contributed by atoms with Gasteiger partial charge < -0.3 is 19.3 Å². The van der Waals surface area contributed by atoms with Gasteiger partial charge in [-0.05, 0) is 30.2 Å². The predicted octanol–water partition coefficient (Wildman–Crippen LogP) is 2.38. The highest BCUT2D eigenvalue weighted by Gasteiger charge is 2.10. The molecular formula is C14H18O5. The number of aromatic hydroxyl groups is 1. The number of rotatable bonds is 6. The van der Waals surface area contributed by atoms with E-state index in [0.717, 1.165) is 6.42 Å². The summed E-state index contributed by atoms with van der Waals surface area (Å²) in [7, 11) is 2.88. The van der Waals surface area contributed by atoms with Crippen molar-refractivity contribution >= 4 is 12.0 Å². The molecule has 0 fully saturated rings. The number of methoxy groups -OCH3 is 2. The largest absolute Gasteiger partial charge is 0.502 e. The second kappa shape index (κ2) is 7.31. The number of esters is 1. The van der Waals surface area contributed by atoms with Crippen LogP contribution in [0.3, 0.4) is 0 Å². The molecule has 1 aromatic rings. The first-order chi connectivity index (χ1) is 9.12. The van der Waals surface area contributed by atoms with Crippen LogP contribution in [0.1, 0.15) is 18.9 Å². The van der Waals surface area contributed by atoms with E-state index >= 15 is 0 Å². The molecule has 0 saturated carbocycles. The molecule has 0 unspecified atom stereocenters. The molecule has 19 heavy (non-hydrogen) atoms. The van der Waals surface area contributed by atoms with Gasteiger partial charge in [0, 0.05) is 6.08 Å². The van der Waals surface area contributed by atoms with Gasteiger partial charge in [0.25, 0.3) is 0 Å². The lowest BCUT2D eigenvalue weighted by Gasteiger charge is -2.09. The Morgan fingerprint density at radius 3 is 2.32 bits per heavy atom. The Hall–Kier alpha value is -2.17. The molecule has 5 heteroatoms. The lowest BCUT2D eigenvalue weighted by atomic mass is 10.1. The van der Waals surface area contributed by atoms with E-state index in [0.29, 0.717) is 12.2 Å². The SMILES string of the molecule is CCCOC(=O)C=Cc1cc(OC)c(O)c(OC)c1. The number of hydrogen-bond acceptors (Lipinski definition) is 5. The molecule has 1 N–H and O–H groups in total. The Balaban J connectivity index is 2.89. The second-order valence-electron chi connectivity index (χ2n) is 3.77. The van der Waals surface area contributed by atoms with Crippen molar-refractivity contribution in [3.63, 3.8) is 0 Å². The van der Waals surface area contributed by atoms with Gasteiger partial charge in [0.05, 0.1) is 20.8 Å². The van der Waals surface area contributed by atoms with Crippen molar-refractivity contribution < 1.29 is 24.1 Å². The Kier molecular flexibility index (Phi) is 5.73. The fourth-order valence-electron chi connectivity index (χ4n) is 1.43. The summed E-state index contributed by atoms with van der Waals surface area (Å²) in [5.74, 6) is 0.0745. The molecule has 104 valence electrons. The minimum absolute atomic E-state index is 0.0734. The van der Waals surface area contributed by atoms with Gasteiger partial charge in [-0.25, -0.2) is 4.79 Å². The molecule has 0 spiro atoms. The normalized spacial score (nSPS) is 10.5. The molecule has 0 aliphatic carbocycles. The Labute approximate surface area is 112 Å². The topological polar surface area (TPSA) is 65.0 Å². The molecule has 0 saturated heterocycles. The third kappa shape index (κ3) is 4.21. The van der Waals surface area contributed by atoms with Crippen molar-refractivity contribution in [1.82, 2.24) is 0 Å². The van der Waals surface area contributed by atoms with Crippen molar-refractivity contribution in [2.75, 3.05) is 20.8 Å². The molecule has 0 heterocycles. The van der Waals surface area contributed by atoms with Gasteiger partial charge in [-0.3, -0.25) is 0 Å². The van der Waals surface area contributed by atoms with E-state index in [1.807, 2.05) is 6.92 Å². The third-order valence-corrected chi connectivity index (χ3v) is 2.36. The Bertz CT molecular complexity index is 440. The van der Waals surface area contributed by atoms with Gasteiger partial charge >= 0.3 is 5.97 Å². The summed E-state index contributed by atoms with van der Waals surface area (Å²) in [4.78, 5) is 11.3. The summed E-state index contributed by atoms with van der Waals surface area (Å²) in [6.45, 7) is 2.32. The molecule has 0 amide bonds. The minimum Gasteiger partial charge on any atom is -0.502 e. The van der Waals surface area contributed by atoms with Crippen LogP contribution in [-0.4, -0.2) is 31.9 Å². The molecule has 0 aliphatic rings. The quantitative estimate of drug-likeness (QED) is 0.632. The lowest BCUT2D eigenvalue weighted by Crippen LogP contribution is -2.00. The first-order valence-corrected chi connectivity index (χ1v) is 5.92. The van der Waals surface area contributed by atoms with Crippen LogP contribution in [0.15, 0.2) is 18.2 Å². The van der Waals surface area contributed by atoms with E-state index in [1.165, 1.54) is 20.3 Å². The fourth-order valence-corrected chi connectivity index (χ4v) is 1.43. The molecule has 1 rings (SSSR count). The summed E-state index contributed by atoms with van der Waals surface area (Å²) < 4.78 is 15.0. The number of carbonyl (C=O) groups excluding carboxylic acids is 1. The lowest BCUT2D eigenvalue weighted by molar-refractivity contribution is -0.137. The van der Waals surface area contributed by atoms with Crippen LogP contribution in [-0.2, 0) is 9.53 Å². The molecule has 1 aromatic carbocycles. The van der Waals surface area contributed by atoms with E-state index in [1.54, 1.807) is 18.2 Å². The van der Waals surface area contributed by atoms with Gasteiger partial charge in [0.15, 0.2) is 11.5 Å². The summed E-state index contributed by atoms with van der Waals surface area (Å²) in [5, 5.41) is 9.74. The molecule has 0 atom stereocenters. The molecule has 0 aromatic heterocycles. The van der Waals surface area contributed by atoms with Crippen LogP contribution in [0.4, 0.5) is 0 Å².